The minimum atomic E-state index is 0.0852. The Morgan fingerprint density at radius 1 is 1.33 bits per heavy atom. The lowest BCUT2D eigenvalue weighted by molar-refractivity contribution is -0.147. The van der Waals surface area contributed by atoms with Crippen molar-refractivity contribution in [3.63, 3.8) is 0 Å². The summed E-state index contributed by atoms with van der Waals surface area (Å²) in [7, 11) is 1.74. The molecule has 0 unspecified atom stereocenters. The fraction of sp³-hybridized carbons (Fsp3) is 0.786. The molecule has 1 aliphatic carbocycles. The van der Waals surface area contributed by atoms with Crippen molar-refractivity contribution >= 4 is 5.91 Å². The van der Waals surface area contributed by atoms with Gasteiger partial charge in [-0.1, -0.05) is 12.2 Å². The number of hydrogen-bond donors (Lipinski definition) is 0. The van der Waals surface area contributed by atoms with Crippen LogP contribution in [-0.2, 0) is 14.3 Å². The van der Waals surface area contributed by atoms with Crippen molar-refractivity contribution in [2.24, 2.45) is 5.92 Å². The summed E-state index contributed by atoms with van der Waals surface area (Å²) < 4.78 is 11.3. The molecule has 0 spiro atoms. The van der Waals surface area contributed by atoms with Gasteiger partial charge < -0.3 is 14.4 Å². The second-order valence-electron chi connectivity index (χ2n) is 5.43. The molecule has 2 fully saturated rings. The Labute approximate surface area is 108 Å². The van der Waals surface area contributed by atoms with E-state index in [1.54, 1.807) is 7.11 Å². The maximum atomic E-state index is 12.5. The van der Waals surface area contributed by atoms with Crippen molar-refractivity contribution < 1.29 is 14.3 Å². The zero-order valence-corrected chi connectivity index (χ0v) is 10.9. The van der Waals surface area contributed by atoms with Gasteiger partial charge in [0.25, 0.3) is 0 Å². The first kappa shape index (κ1) is 12.2. The van der Waals surface area contributed by atoms with Gasteiger partial charge in [-0.25, -0.2) is 0 Å². The number of carbonyl (C=O) groups excluding carboxylic acids is 1. The first-order chi connectivity index (χ1) is 8.81. The number of methoxy groups -OCH3 is 1. The molecule has 3 aliphatic rings. The third kappa shape index (κ3) is 1.97. The molecular formula is C14H21NO3. The SMILES string of the molecule is CO[C@@H]1CCN(C(=O)C2CC=CC2)[C@H]2CCO[C@H]12. The zero-order chi connectivity index (χ0) is 12.5. The third-order valence-corrected chi connectivity index (χ3v) is 4.47. The van der Waals surface area contributed by atoms with Crippen molar-refractivity contribution in [1.29, 1.82) is 0 Å². The molecular weight excluding hydrogens is 230 g/mol. The summed E-state index contributed by atoms with van der Waals surface area (Å²) in [6, 6.07) is 0.233. The molecule has 0 bridgehead atoms. The molecule has 0 aromatic carbocycles. The third-order valence-electron chi connectivity index (χ3n) is 4.47. The van der Waals surface area contributed by atoms with Crippen molar-refractivity contribution in [3.8, 4) is 0 Å². The molecule has 2 heterocycles. The number of fused-ring (bicyclic) bond motifs is 1. The second-order valence-corrected chi connectivity index (χ2v) is 5.43. The van der Waals surface area contributed by atoms with E-state index < -0.39 is 0 Å². The van der Waals surface area contributed by atoms with Gasteiger partial charge in [0, 0.05) is 26.2 Å². The molecule has 0 N–H and O–H groups in total. The van der Waals surface area contributed by atoms with Crippen LogP contribution in [-0.4, -0.2) is 49.3 Å². The van der Waals surface area contributed by atoms with Crippen LogP contribution in [0.3, 0.4) is 0 Å². The normalized spacial score (nSPS) is 36.1. The first-order valence-corrected chi connectivity index (χ1v) is 6.91. The number of hydrogen-bond acceptors (Lipinski definition) is 3. The Hall–Kier alpha value is -0.870. The van der Waals surface area contributed by atoms with Gasteiger partial charge in [-0.05, 0) is 25.7 Å². The predicted molar refractivity (Wildman–Crippen MR) is 67.1 cm³/mol. The second kappa shape index (κ2) is 5.02. The van der Waals surface area contributed by atoms with Crippen LogP contribution in [0.25, 0.3) is 0 Å². The van der Waals surface area contributed by atoms with Gasteiger partial charge in [-0.2, -0.15) is 0 Å². The van der Waals surface area contributed by atoms with Crippen LogP contribution >= 0.6 is 0 Å². The number of carbonyl (C=O) groups is 1. The largest absolute Gasteiger partial charge is 0.379 e. The summed E-state index contributed by atoms with van der Waals surface area (Å²) in [5.74, 6) is 0.486. The summed E-state index contributed by atoms with van der Waals surface area (Å²) in [5.41, 5.74) is 0. The maximum Gasteiger partial charge on any atom is 0.226 e. The average molecular weight is 251 g/mol. The smallest absolute Gasteiger partial charge is 0.226 e. The minimum absolute atomic E-state index is 0.0852. The summed E-state index contributed by atoms with van der Waals surface area (Å²) >= 11 is 0. The Morgan fingerprint density at radius 2 is 2.11 bits per heavy atom. The summed E-state index contributed by atoms with van der Waals surface area (Å²) in [6.07, 6.45) is 8.13. The number of amides is 1. The maximum absolute atomic E-state index is 12.5. The van der Waals surface area contributed by atoms with E-state index in [2.05, 4.69) is 17.1 Å². The molecule has 3 rings (SSSR count). The van der Waals surface area contributed by atoms with Gasteiger partial charge in [0.1, 0.15) is 6.10 Å². The van der Waals surface area contributed by atoms with E-state index in [0.29, 0.717) is 5.91 Å². The fourth-order valence-electron chi connectivity index (χ4n) is 3.46. The van der Waals surface area contributed by atoms with Crippen molar-refractivity contribution in [3.05, 3.63) is 12.2 Å². The number of piperidine rings is 1. The van der Waals surface area contributed by atoms with Crippen LogP contribution in [0.5, 0.6) is 0 Å². The topological polar surface area (TPSA) is 38.8 Å². The van der Waals surface area contributed by atoms with Crippen LogP contribution in [0.15, 0.2) is 12.2 Å². The standard InChI is InChI=1S/C14H21NO3/c1-17-12-6-8-15(11-7-9-18-13(11)12)14(16)10-4-2-3-5-10/h2-3,10-13H,4-9H2,1H3/t11-,12+,13-/m0/s1. The Balaban J connectivity index is 1.71. The predicted octanol–water partition coefficient (Wildman–Crippen LogP) is 1.36. The molecule has 0 aromatic rings. The zero-order valence-electron chi connectivity index (χ0n) is 10.9. The highest BCUT2D eigenvalue weighted by atomic mass is 16.5. The van der Waals surface area contributed by atoms with Crippen LogP contribution in [0, 0.1) is 5.92 Å². The van der Waals surface area contributed by atoms with E-state index in [1.165, 1.54) is 0 Å². The summed E-state index contributed by atoms with van der Waals surface area (Å²) in [6.45, 7) is 1.57. The van der Waals surface area contributed by atoms with Gasteiger partial charge in [-0.15, -0.1) is 0 Å². The quantitative estimate of drug-likeness (QED) is 0.696. The van der Waals surface area contributed by atoms with E-state index in [-0.39, 0.29) is 24.2 Å². The highest BCUT2D eigenvalue weighted by molar-refractivity contribution is 5.80. The molecule has 1 amide bonds. The molecule has 4 heteroatoms. The van der Waals surface area contributed by atoms with Crippen LogP contribution in [0.1, 0.15) is 25.7 Å². The lowest BCUT2D eigenvalue weighted by Crippen LogP contribution is -2.56. The fourth-order valence-corrected chi connectivity index (χ4v) is 3.46. The molecule has 100 valence electrons. The van der Waals surface area contributed by atoms with Gasteiger partial charge in [0.15, 0.2) is 0 Å². The number of ether oxygens (including phenoxy) is 2. The van der Waals surface area contributed by atoms with Crippen molar-refractivity contribution in [2.45, 2.75) is 43.9 Å². The van der Waals surface area contributed by atoms with Crippen molar-refractivity contribution in [1.82, 2.24) is 4.90 Å². The monoisotopic (exact) mass is 251 g/mol. The number of rotatable bonds is 2. The van der Waals surface area contributed by atoms with Crippen LogP contribution in [0.4, 0.5) is 0 Å². The molecule has 4 nitrogen and oxygen atoms in total. The van der Waals surface area contributed by atoms with E-state index >= 15 is 0 Å². The Kier molecular flexibility index (Phi) is 3.39. The first-order valence-electron chi connectivity index (χ1n) is 6.91. The number of likely N-dealkylation sites (tertiary alicyclic amines) is 1. The minimum Gasteiger partial charge on any atom is -0.379 e. The highest BCUT2D eigenvalue weighted by Crippen LogP contribution is 2.32. The molecule has 2 saturated heterocycles. The molecule has 0 radical (unpaired) electrons. The molecule has 0 saturated carbocycles. The number of allylic oxidation sites excluding steroid dienone is 2. The van der Waals surface area contributed by atoms with Gasteiger partial charge in [-0.3, -0.25) is 4.79 Å². The summed E-state index contributed by atoms with van der Waals surface area (Å²) in [4.78, 5) is 14.6. The molecule has 18 heavy (non-hydrogen) atoms. The molecule has 0 aromatic heterocycles. The van der Waals surface area contributed by atoms with E-state index in [4.69, 9.17) is 9.47 Å². The van der Waals surface area contributed by atoms with Gasteiger partial charge in [0.2, 0.25) is 5.91 Å². The van der Waals surface area contributed by atoms with Gasteiger partial charge in [0.05, 0.1) is 12.1 Å². The van der Waals surface area contributed by atoms with E-state index in [0.717, 1.165) is 38.8 Å². The summed E-state index contributed by atoms with van der Waals surface area (Å²) in [5, 5.41) is 0. The van der Waals surface area contributed by atoms with Crippen LogP contribution < -0.4 is 0 Å². The van der Waals surface area contributed by atoms with Crippen LogP contribution in [0.2, 0.25) is 0 Å². The number of nitrogens with zero attached hydrogens (tertiary/aromatic N) is 1. The van der Waals surface area contributed by atoms with E-state index in [9.17, 15) is 4.79 Å². The Morgan fingerprint density at radius 3 is 2.83 bits per heavy atom. The lowest BCUT2D eigenvalue weighted by atomic mass is 9.93. The lowest BCUT2D eigenvalue weighted by Gasteiger charge is -2.41. The highest BCUT2D eigenvalue weighted by Gasteiger charge is 2.45. The van der Waals surface area contributed by atoms with Crippen molar-refractivity contribution in [2.75, 3.05) is 20.3 Å². The van der Waals surface area contributed by atoms with E-state index in [1.807, 2.05) is 0 Å². The Bertz CT molecular complexity index is 347. The van der Waals surface area contributed by atoms with Gasteiger partial charge >= 0.3 is 0 Å². The molecule has 3 atom stereocenters. The molecule has 2 aliphatic heterocycles. The average Bonchev–Trinajstić information content (AvgIpc) is 3.07.